The molecule has 11 heterocycles. The van der Waals surface area contributed by atoms with Gasteiger partial charge in [-0.3, -0.25) is 15.0 Å². The number of aryl methyl sites for hydroxylation is 18. The summed E-state index contributed by atoms with van der Waals surface area (Å²) in [4.78, 5) is 29.0. The predicted octanol–water partition coefficient (Wildman–Crippen LogP) is 19.0. The van der Waals surface area contributed by atoms with Gasteiger partial charge in [0.15, 0.2) is 5.69 Å². The van der Waals surface area contributed by atoms with Crippen LogP contribution < -0.4 is 27.4 Å². The van der Waals surface area contributed by atoms with E-state index in [4.69, 9.17) is 0 Å². The summed E-state index contributed by atoms with van der Waals surface area (Å²) in [5.74, 6) is 6.99. The first-order valence-electron chi connectivity index (χ1n) is 39.6. The first-order chi connectivity index (χ1) is 52.2. The standard InChI is InChI=1S/C12H15N2.3C11H14N3.2C10H13N4.12C2H6/c1-10-6-4-5-7-11(10)12-13(2)8-9-14(12)3;1-9-8-12-5-4-10(9)11-13(2)6-7-14(11)3;1-9-4-5-12-8-10(9)11-13(2)6-7-14(11)3;1-9-10(5-4-6-12-9)11-13(2)7-8-14(11)3;1-8-9(6-11-7-12-8)10-13(2)4-5-14(10)3;1-8-6-11-7-12-9(8)10-13(2)4-5-14(10)3;12*1-2/h4-9H,1-3H3;3*4-8H,1-3H3;2*4-7H,1-3H3;12*1-2H3/q6*+1;;;;;;;;;;;;. The van der Waals surface area contributed by atoms with Gasteiger partial charge in [0.1, 0.15) is 92.6 Å². The smallest absolute Gasteiger partial charge is 0.264 e. The number of benzene rings is 1. The van der Waals surface area contributed by atoms with Crippen molar-refractivity contribution in [3.8, 4) is 68.5 Å². The maximum atomic E-state index is 4.29. The molecule has 0 aliphatic rings. The Hall–Kier alpha value is -9.91. The molecule has 0 bridgehead atoms. The van der Waals surface area contributed by atoms with Gasteiger partial charge in [-0.1, -0.05) is 184 Å². The highest BCUT2D eigenvalue weighted by Crippen LogP contribution is 2.22. The van der Waals surface area contributed by atoms with Gasteiger partial charge in [-0.25, -0.2) is 74.7 Å². The van der Waals surface area contributed by atoms with Crippen molar-refractivity contribution in [3.05, 3.63) is 213 Å². The van der Waals surface area contributed by atoms with E-state index in [9.17, 15) is 0 Å². The van der Waals surface area contributed by atoms with Gasteiger partial charge in [0.05, 0.1) is 118 Å². The number of pyridine rings is 3. The monoisotopic (exact) mass is 1490 g/mol. The zero-order valence-corrected chi connectivity index (χ0v) is 76.2. The van der Waals surface area contributed by atoms with Crippen LogP contribution in [0.2, 0.25) is 0 Å². The molecule has 19 heteroatoms. The molecule has 0 N–H and O–H groups in total. The second kappa shape index (κ2) is 66.5. The fourth-order valence-electron chi connectivity index (χ4n) is 9.98. The molecule has 0 saturated carbocycles. The molecule has 19 nitrogen and oxygen atoms in total. The first-order valence-corrected chi connectivity index (χ1v) is 39.6. The summed E-state index contributed by atoms with van der Waals surface area (Å²) in [6.07, 6.45) is 40.6. The summed E-state index contributed by atoms with van der Waals surface area (Å²) in [6.45, 7) is 60.4. The van der Waals surface area contributed by atoms with Gasteiger partial charge in [0.2, 0.25) is 0 Å². The van der Waals surface area contributed by atoms with Crippen LogP contribution in [0.25, 0.3) is 68.5 Å². The van der Waals surface area contributed by atoms with Gasteiger partial charge in [-0.2, -0.15) is 0 Å². The molecule has 0 saturated heterocycles. The molecule has 12 rings (SSSR count). The van der Waals surface area contributed by atoms with Crippen LogP contribution in [0.15, 0.2) is 179 Å². The number of aromatic nitrogens is 19. The molecule has 0 amide bonds. The molecule has 0 radical (unpaired) electrons. The minimum atomic E-state index is 0.981. The summed E-state index contributed by atoms with van der Waals surface area (Å²) >= 11 is 0. The van der Waals surface area contributed by atoms with E-state index in [-0.39, 0.29) is 0 Å². The Kier molecular flexibility index (Phi) is 67.2. The Morgan fingerprint density at radius 1 is 0.241 bits per heavy atom. The second-order valence-corrected chi connectivity index (χ2v) is 21.0. The van der Waals surface area contributed by atoms with Crippen molar-refractivity contribution in [2.75, 3.05) is 0 Å². The predicted molar refractivity (Wildman–Crippen MR) is 461 cm³/mol. The summed E-state index contributed by atoms with van der Waals surface area (Å²) in [7, 11) is 24.5. The van der Waals surface area contributed by atoms with E-state index in [2.05, 4.69) is 194 Å². The number of rotatable bonds is 6. The topological polar surface area (TPSA) is 143 Å². The van der Waals surface area contributed by atoms with Gasteiger partial charge < -0.3 is 0 Å². The van der Waals surface area contributed by atoms with E-state index in [1.54, 1.807) is 12.7 Å². The molecule has 600 valence electrons. The van der Waals surface area contributed by atoms with Crippen molar-refractivity contribution >= 4 is 0 Å². The molecule has 0 spiro atoms. The normalized spacial score (nSPS) is 8.83. The quantitative estimate of drug-likeness (QED) is 0.151. The van der Waals surface area contributed by atoms with Crippen LogP contribution in [0.4, 0.5) is 0 Å². The van der Waals surface area contributed by atoms with Gasteiger partial charge >= 0.3 is 5.82 Å². The van der Waals surface area contributed by atoms with Crippen LogP contribution in [0.5, 0.6) is 0 Å². The molecule has 12 aromatic rings. The van der Waals surface area contributed by atoms with Gasteiger partial charge in [0, 0.05) is 48.9 Å². The SMILES string of the molecule is CC.CC.CC.CC.CC.CC.CC.CC.CC.CC.CC.CC.Cc1ccccc1-c1n(C)cc[n+]1C.Cc1ccncc1-c1n(C)cc[n+]1C.Cc1cnccc1-c1n(C)cc[n+]1C.Cc1cncnc1-c1n(C)cc[n+]1C.Cc1ncccc1-c1n(C)cc[n+]1C.Cc1ncncc1-c1n(C)cc[n+]1C. The fraction of sp³-hybridized carbons (Fsp3) is 0.472. The first kappa shape index (κ1) is 109. The summed E-state index contributed by atoms with van der Waals surface area (Å²) in [5.41, 5.74) is 13.8. The van der Waals surface area contributed by atoms with Gasteiger partial charge in [0.25, 0.3) is 29.1 Å². The van der Waals surface area contributed by atoms with E-state index < -0.39 is 0 Å². The van der Waals surface area contributed by atoms with Crippen LogP contribution in [0, 0.1) is 41.5 Å². The lowest BCUT2D eigenvalue weighted by Crippen LogP contribution is -2.29. The van der Waals surface area contributed by atoms with Crippen molar-refractivity contribution in [3.63, 3.8) is 0 Å². The molecule has 0 fully saturated rings. The molecule has 0 unspecified atom stereocenters. The molecular weight excluding hydrogens is 1340 g/mol. The van der Waals surface area contributed by atoms with E-state index in [0.29, 0.717) is 0 Å². The Morgan fingerprint density at radius 2 is 0.528 bits per heavy atom. The van der Waals surface area contributed by atoms with Crippen LogP contribution in [0.3, 0.4) is 0 Å². The van der Waals surface area contributed by atoms with E-state index in [1.165, 1.54) is 62.2 Å². The molecule has 0 aliphatic heterocycles. The third-order valence-electron chi connectivity index (χ3n) is 14.5. The van der Waals surface area contributed by atoms with Gasteiger partial charge in [-0.05, 0) is 88.6 Å². The summed E-state index contributed by atoms with van der Waals surface area (Å²) in [6, 6.07) is 16.6. The molecule has 0 atom stereocenters. The maximum Gasteiger partial charge on any atom is 0.307 e. The van der Waals surface area contributed by atoms with Crippen LogP contribution in [0.1, 0.15) is 200 Å². The number of hydrogen-bond acceptors (Lipinski definition) is 7. The van der Waals surface area contributed by atoms with Crippen LogP contribution in [-0.2, 0) is 84.6 Å². The third kappa shape index (κ3) is 34.8. The average Bonchev–Trinajstić information content (AvgIpc) is 1.73. The van der Waals surface area contributed by atoms with Crippen molar-refractivity contribution in [2.45, 2.75) is 208 Å². The Balaban J connectivity index is -0.000000273. The zero-order valence-electron chi connectivity index (χ0n) is 76.2. The lowest BCUT2D eigenvalue weighted by Gasteiger charge is -2.02. The Labute approximate surface area is 659 Å². The average molecular weight is 1490 g/mol. The van der Waals surface area contributed by atoms with Crippen molar-refractivity contribution in [2.24, 2.45) is 84.6 Å². The Morgan fingerprint density at radius 3 is 0.880 bits per heavy atom. The highest BCUT2D eigenvalue weighted by Gasteiger charge is 2.21. The highest BCUT2D eigenvalue weighted by molar-refractivity contribution is 5.59. The Bertz CT molecular complexity index is 3320. The minimum absolute atomic E-state index is 0.981. The summed E-state index contributed by atoms with van der Waals surface area (Å²) < 4.78 is 25.1. The van der Waals surface area contributed by atoms with E-state index in [1.807, 2.05) is 354 Å². The molecular formula is C89H155N19+6. The van der Waals surface area contributed by atoms with Crippen molar-refractivity contribution in [1.82, 2.24) is 62.3 Å². The second-order valence-electron chi connectivity index (χ2n) is 21.0. The van der Waals surface area contributed by atoms with E-state index in [0.717, 1.165) is 39.9 Å². The molecule has 108 heavy (non-hydrogen) atoms. The van der Waals surface area contributed by atoms with Crippen molar-refractivity contribution < 1.29 is 27.4 Å². The lowest BCUT2D eigenvalue weighted by atomic mass is 10.1. The van der Waals surface area contributed by atoms with Crippen LogP contribution >= 0.6 is 0 Å². The van der Waals surface area contributed by atoms with Crippen molar-refractivity contribution in [1.29, 1.82) is 0 Å². The largest absolute Gasteiger partial charge is 0.307 e. The lowest BCUT2D eigenvalue weighted by molar-refractivity contribution is -0.659. The fourth-order valence-corrected chi connectivity index (χ4v) is 9.98. The minimum Gasteiger partial charge on any atom is -0.264 e. The van der Waals surface area contributed by atoms with E-state index >= 15 is 0 Å². The zero-order chi connectivity index (χ0) is 84.8. The molecule has 1 aromatic carbocycles. The number of hydrogen-bond donors (Lipinski definition) is 0. The molecule has 11 aromatic heterocycles. The number of nitrogens with zero attached hydrogens (tertiary/aromatic N) is 19. The molecule has 0 aliphatic carbocycles. The summed E-state index contributed by atoms with van der Waals surface area (Å²) in [5, 5.41) is 0. The number of imidazole rings is 6. The van der Waals surface area contributed by atoms with Crippen LogP contribution in [-0.4, -0.2) is 62.3 Å². The highest BCUT2D eigenvalue weighted by atomic mass is 15.2. The third-order valence-corrected chi connectivity index (χ3v) is 14.5. The van der Waals surface area contributed by atoms with Gasteiger partial charge in [-0.15, -0.1) is 0 Å². The maximum absolute atomic E-state index is 4.29.